The van der Waals surface area contributed by atoms with Gasteiger partial charge in [-0.25, -0.2) is 0 Å². The quantitative estimate of drug-likeness (QED) is 0.880. The molecule has 0 bridgehead atoms. The Bertz CT molecular complexity index is 620. The number of rotatable bonds is 4. The maximum atomic E-state index is 13.0. The van der Waals surface area contributed by atoms with Gasteiger partial charge in [0.15, 0.2) is 0 Å². The van der Waals surface area contributed by atoms with Crippen LogP contribution in [0.4, 0.5) is 0 Å². The summed E-state index contributed by atoms with van der Waals surface area (Å²) in [6.45, 7) is 3.03. The first-order chi connectivity index (χ1) is 10.6. The molecule has 23 heavy (non-hydrogen) atoms. The van der Waals surface area contributed by atoms with Gasteiger partial charge >= 0.3 is 0 Å². The van der Waals surface area contributed by atoms with Gasteiger partial charge in [0, 0.05) is 38.3 Å². The Balaban J connectivity index is 0.00000192. The van der Waals surface area contributed by atoms with Crippen LogP contribution in [0.15, 0.2) is 24.3 Å². The summed E-state index contributed by atoms with van der Waals surface area (Å²) < 4.78 is 34.6. The van der Waals surface area contributed by atoms with Crippen LogP contribution in [-0.4, -0.2) is 56.9 Å². The molecule has 6 nitrogen and oxygen atoms in total. The number of methoxy groups -OCH3 is 1. The number of nitrogens with one attached hydrogen (secondary N) is 1. The van der Waals surface area contributed by atoms with Gasteiger partial charge in [0.1, 0.15) is 5.75 Å². The van der Waals surface area contributed by atoms with Gasteiger partial charge in [-0.2, -0.15) is 17.0 Å². The minimum absolute atomic E-state index is 0. The molecule has 1 aromatic carbocycles. The number of hydrogen-bond acceptors (Lipinski definition) is 4. The zero-order valence-electron chi connectivity index (χ0n) is 13.3. The summed E-state index contributed by atoms with van der Waals surface area (Å²) >= 11 is 0. The number of halogens is 1. The summed E-state index contributed by atoms with van der Waals surface area (Å²) in [7, 11) is -1.79. The molecule has 2 aliphatic heterocycles. The fourth-order valence-corrected chi connectivity index (χ4v) is 5.08. The molecule has 0 saturated carbocycles. The zero-order valence-corrected chi connectivity index (χ0v) is 14.9. The van der Waals surface area contributed by atoms with Crippen LogP contribution >= 0.6 is 12.4 Å². The summed E-state index contributed by atoms with van der Waals surface area (Å²) in [6.07, 6.45) is 1.90. The smallest absolute Gasteiger partial charge is 0.282 e. The standard InChI is InChI=1S/C15H23N3O3S.ClH/c1-21-15-7-3-2-6-13(15)14-12-16-8-11-18(14)22(19,20)17-9-4-5-10-17;/h2-3,6-7,14,16H,4-5,8-12H2,1H3;1H. The molecule has 2 aliphatic rings. The summed E-state index contributed by atoms with van der Waals surface area (Å²) in [4.78, 5) is 0. The van der Waals surface area contributed by atoms with E-state index in [0.717, 1.165) is 24.2 Å². The first-order valence-corrected chi connectivity index (χ1v) is 9.15. The molecule has 0 aromatic heterocycles. The average Bonchev–Trinajstić information content (AvgIpc) is 3.10. The van der Waals surface area contributed by atoms with Crippen molar-refractivity contribution in [2.75, 3.05) is 39.8 Å². The molecule has 2 heterocycles. The van der Waals surface area contributed by atoms with E-state index < -0.39 is 10.2 Å². The van der Waals surface area contributed by atoms with Crippen molar-refractivity contribution in [1.29, 1.82) is 0 Å². The second kappa shape index (κ2) is 7.81. The molecule has 1 atom stereocenters. The van der Waals surface area contributed by atoms with Crippen molar-refractivity contribution in [2.45, 2.75) is 18.9 Å². The minimum Gasteiger partial charge on any atom is -0.496 e. The molecule has 3 rings (SSSR count). The molecule has 2 saturated heterocycles. The summed E-state index contributed by atoms with van der Waals surface area (Å²) in [5, 5.41) is 3.30. The van der Waals surface area contributed by atoms with Gasteiger partial charge in [0.05, 0.1) is 13.2 Å². The van der Waals surface area contributed by atoms with E-state index in [4.69, 9.17) is 4.74 Å². The molecular weight excluding hydrogens is 338 g/mol. The molecule has 8 heteroatoms. The van der Waals surface area contributed by atoms with Crippen LogP contribution in [0.5, 0.6) is 5.75 Å². The van der Waals surface area contributed by atoms with E-state index in [2.05, 4.69) is 5.32 Å². The highest BCUT2D eigenvalue weighted by atomic mass is 35.5. The van der Waals surface area contributed by atoms with Crippen LogP contribution in [0.25, 0.3) is 0 Å². The maximum Gasteiger partial charge on any atom is 0.282 e. The van der Waals surface area contributed by atoms with Crippen LogP contribution in [0, 0.1) is 0 Å². The largest absolute Gasteiger partial charge is 0.496 e. The first kappa shape index (κ1) is 18.5. The van der Waals surface area contributed by atoms with Gasteiger partial charge in [0.25, 0.3) is 10.2 Å². The van der Waals surface area contributed by atoms with Crippen molar-refractivity contribution in [2.24, 2.45) is 0 Å². The van der Waals surface area contributed by atoms with Gasteiger partial charge in [-0.15, -0.1) is 12.4 Å². The number of para-hydroxylation sites is 1. The molecule has 2 fully saturated rings. The van der Waals surface area contributed by atoms with Crippen molar-refractivity contribution in [1.82, 2.24) is 13.9 Å². The summed E-state index contributed by atoms with van der Waals surface area (Å²) in [5.41, 5.74) is 0.917. The van der Waals surface area contributed by atoms with Crippen molar-refractivity contribution in [3.63, 3.8) is 0 Å². The lowest BCUT2D eigenvalue weighted by molar-refractivity contribution is 0.247. The highest BCUT2D eigenvalue weighted by molar-refractivity contribution is 7.86. The first-order valence-electron chi connectivity index (χ1n) is 7.75. The van der Waals surface area contributed by atoms with E-state index in [0.29, 0.717) is 32.7 Å². The lowest BCUT2D eigenvalue weighted by Gasteiger charge is -2.38. The second-order valence-electron chi connectivity index (χ2n) is 5.69. The highest BCUT2D eigenvalue weighted by Crippen LogP contribution is 2.33. The third-order valence-corrected chi connectivity index (χ3v) is 6.43. The molecule has 1 unspecified atom stereocenters. The predicted molar refractivity (Wildman–Crippen MR) is 92.3 cm³/mol. The number of ether oxygens (including phenoxy) is 1. The Morgan fingerprint density at radius 2 is 1.87 bits per heavy atom. The molecule has 0 spiro atoms. The monoisotopic (exact) mass is 361 g/mol. The molecule has 0 radical (unpaired) electrons. The van der Waals surface area contributed by atoms with Crippen LogP contribution < -0.4 is 10.1 Å². The molecule has 1 aromatic rings. The Morgan fingerprint density at radius 1 is 1.17 bits per heavy atom. The van der Waals surface area contributed by atoms with Gasteiger partial charge in [0.2, 0.25) is 0 Å². The Kier molecular flexibility index (Phi) is 6.27. The second-order valence-corrected chi connectivity index (χ2v) is 7.57. The van der Waals surface area contributed by atoms with Crippen molar-refractivity contribution in [3.05, 3.63) is 29.8 Å². The van der Waals surface area contributed by atoms with E-state index in [1.807, 2.05) is 24.3 Å². The van der Waals surface area contributed by atoms with Gasteiger partial charge in [-0.05, 0) is 18.9 Å². The van der Waals surface area contributed by atoms with Gasteiger partial charge in [-0.1, -0.05) is 18.2 Å². The fraction of sp³-hybridized carbons (Fsp3) is 0.600. The highest BCUT2D eigenvalue weighted by Gasteiger charge is 2.39. The molecule has 0 aliphatic carbocycles. The molecule has 130 valence electrons. The van der Waals surface area contributed by atoms with Crippen molar-refractivity contribution in [3.8, 4) is 5.75 Å². The van der Waals surface area contributed by atoms with Crippen molar-refractivity contribution < 1.29 is 13.2 Å². The normalized spacial score (nSPS) is 23.4. The number of hydrogen-bond donors (Lipinski definition) is 1. The maximum absolute atomic E-state index is 13.0. The van der Waals surface area contributed by atoms with E-state index in [1.165, 1.54) is 0 Å². The predicted octanol–water partition coefficient (Wildman–Crippen LogP) is 1.40. The number of benzene rings is 1. The number of nitrogens with zero attached hydrogens (tertiary/aromatic N) is 2. The van der Waals surface area contributed by atoms with Gasteiger partial charge < -0.3 is 10.1 Å². The Hall–Kier alpha value is -0.860. The zero-order chi connectivity index (χ0) is 15.6. The molecule has 1 N–H and O–H groups in total. The van der Waals surface area contributed by atoms with E-state index >= 15 is 0 Å². The SMILES string of the molecule is COc1ccccc1C1CNCCN1S(=O)(=O)N1CCCC1.Cl. The third-order valence-electron chi connectivity index (χ3n) is 4.38. The topological polar surface area (TPSA) is 61.9 Å². The molecule has 0 amide bonds. The van der Waals surface area contributed by atoms with E-state index in [-0.39, 0.29) is 18.4 Å². The third kappa shape index (κ3) is 3.64. The van der Waals surface area contributed by atoms with Crippen LogP contribution in [-0.2, 0) is 10.2 Å². The average molecular weight is 362 g/mol. The van der Waals surface area contributed by atoms with Gasteiger partial charge in [-0.3, -0.25) is 0 Å². The minimum atomic E-state index is -3.41. The van der Waals surface area contributed by atoms with Crippen LogP contribution in [0.3, 0.4) is 0 Å². The van der Waals surface area contributed by atoms with Crippen molar-refractivity contribution >= 4 is 22.6 Å². The summed E-state index contributed by atoms with van der Waals surface area (Å²) in [6, 6.07) is 7.43. The van der Waals surface area contributed by atoms with Crippen LogP contribution in [0.1, 0.15) is 24.4 Å². The van der Waals surface area contributed by atoms with E-state index in [9.17, 15) is 8.42 Å². The summed E-state index contributed by atoms with van der Waals surface area (Å²) in [5.74, 6) is 0.734. The van der Waals surface area contributed by atoms with Crippen LogP contribution in [0.2, 0.25) is 0 Å². The lowest BCUT2D eigenvalue weighted by atomic mass is 10.0. The van der Waals surface area contributed by atoms with E-state index in [1.54, 1.807) is 15.7 Å². The lowest BCUT2D eigenvalue weighted by Crippen LogP contribution is -2.52. The Labute approximate surface area is 144 Å². The number of piperazine rings is 1. The Morgan fingerprint density at radius 3 is 2.57 bits per heavy atom. The molecular formula is C15H24ClN3O3S. The fourth-order valence-electron chi connectivity index (χ4n) is 3.24.